The smallest absolute Gasteiger partial charge is 0.266 e. The van der Waals surface area contributed by atoms with Crippen LogP contribution in [-0.2, 0) is 4.84 Å². The summed E-state index contributed by atoms with van der Waals surface area (Å²) in [4.78, 5) is 32.5. The SMILES string of the molecule is O=C(Nc1c(-c2ccccc2F)ccnc1N1CCC(F)(F)C1)c1cnc(N2CCCO2)nc1. The summed E-state index contributed by atoms with van der Waals surface area (Å²) in [6, 6.07) is 7.58. The fraction of sp³-hybridized carbons (Fsp3) is 0.304. The minimum absolute atomic E-state index is 0.0528. The average molecular weight is 470 g/mol. The van der Waals surface area contributed by atoms with Crippen LogP contribution < -0.4 is 15.3 Å². The Morgan fingerprint density at radius 3 is 2.53 bits per heavy atom. The number of alkyl halides is 2. The van der Waals surface area contributed by atoms with Gasteiger partial charge in [0.15, 0.2) is 5.82 Å². The topological polar surface area (TPSA) is 83.5 Å². The van der Waals surface area contributed by atoms with E-state index in [0.29, 0.717) is 24.7 Å². The molecule has 4 heterocycles. The van der Waals surface area contributed by atoms with Gasteiger partial charge in [0.25, 0.3) is 11.8 Å². The number of carbonyl (C=O) groups excluding carboxylic acids is 1. The highest BCUT2D eigenvalue weighted by Crippen LogP contribution is 2.39. The molecule has 2 aliphatic heterocycles. The first kappa shape index (κ1) is 22.1. The first-order valence-corrected chi connectivity index (χ1v) is 10.8. The molecule has 0 aliphatic carbocycles. The normalized spacial score (nSPS) is 17.3. The molecule has 0 unspecified atom stereocenters. The Bertz CT molecular complexity index is 1200. The molecule has 0 saturated carbocycles. The van der Waals surface area contributed by atoms with Crippen molar-refractivity contribution in [2.75, 3.05) is 41.5 Å². The third-order valence-corrected chi connectivity index (χ3v) is 5.68. The van der Waals surface area contributed by atoms with Crippen LogP contribution in [0, 0.1) is 5.82 Å². The van der Waals surface area contributed by atoms with Gasteiger partial charge in [0.1, 0.15) is 5.82 Å². The fourth-order valence-electron chi connectivity index (χ4n) is 3.99. The van der Waals surface area contributed by atoms with Gasteiger partial charge in [-0.3, -0.25) is 9.63 Å². The van der Waals surface area contributed by atoms with Crippen LogP contribution in [0.5, 0.6) is 0 Å². The zero-order chi connectivity index (χ0) is 23.7. The average Bonchev–Trinajstić information content (AvgIpc) is 3.49. The Morgan fingerprint density at radius 1 is 1.06 bits per heavy atom. The molecular weight excluding hydrogens is 449 g/mol. The summed E-state index contributed by atoms with van der Waals surface area (Å²) in [7, 11) is 0. The molecule has 1 aromatic carbocycles. The van der Waals surface area contributed by atoms with E-state index >= 15 is 0 Å². The highest BCUT2D eigenvalue weighted by Gasteiger charge is 2.40. The molecule has 0 atom stereocenters. The molecule has 11 heteroatoms. The first-order chi connectivity index (χ1) is 16.4. The Labute approximate surface area is 193 Å². The fourth-order valence-corrected chi connectivity index (χ4v) is 3.99. The number of hydrogen-bond acceptors (Lipinski definition) is 7. The quantitative estimate of drug-likeness (QED) is 0.605. The van der Waals surface area contributed by atoms with Gasteiger partial charge in [-0.1, -0.05) is 18.2 Å². The molecule has 2 aromatic heterocycles. The number of pyridine rings is 1. The molecule has 8 nitrogen and oxygen atoms in total. The number of nitrogens with zero attached hydrogens (tertiary/aromatic N) is 5. The number of hydroxylamine groups is 1. The lowest BCUT2D eigenvalue weighted by Crippen LogP contribution is -2.27. The molecule has 2 aliphatic rings. The van der Waals surface area contributed by atoms with E-state index in [4.69, 9.17) is 4.84 Å². The number of aromatic nitrogens is 3. The highest BCUT2D eigenvalue weighted by molar-refractivity contribution is 6.08. The minimum Gasteiger partial charge on any atom is -0.349 e. The number of hydrogen-bond donors (Lipinski definition) is 1. The highest BCUT2D eigenvalue weighted by atomic mass is 19.3. The van der Waals surface area contributed by atoms with Gasteiger partial charge in [-0.05, 0) is 18.6 Å². The summed E-state index contributed by atoms with van der Waals surface area (Å²) in [5, 5.41) is 4.28. The van der Waals surface area contributed by atoms with Crippen molar-refractivity contribution < 1.29 is 22.8 Å². The van der Waals surface area contributed by atoms with Gasteiger partial charge >= 0.3 is 0 Å². The zero-order valence-electron chi connectivity index (χ0n) is 18.0. The van der Waals surface area contributed by atoms with Crippen LogP contribution in [0.2, 0.25) is 0 Å². The van der Waals surface area contributed by atoms with Crippen molar-refractivity contribution in [1.82, 2.24) is 15.0 Å². The van der Waals surface area contributed by atoms with E-state index in [1.807, 2.05) is 0 Å². The molecule has 5 rings (SSSR count). The minimum atomic E-state index is -2.88. The van der Waals surface area contributed by atoms with E-state index in [-0.39, 0.29) is 35.6 Å². The third kappa shape index (κ3) is 4.38. The molecule has 2 saturated heterocycles. The molecule has 3 aromatic rings. The lowest BCUT2D eigenvalue weighted by molar-refractivity contribution is 0.0257. The van der Waals surface area contributed by atoms with Gasteiger partial charge < -0.3 is 10.2 Å². The Kier molecular flexibility index (Phi) is 5.78. The predicted molar refractivity (Wildman–Crippen MR) is 119 cm³/mol. The third-order valence-electron chi connectivity index (χ3n) is 5.68. The molecule has 0 spiro atoms. The standard InChI is InChI=1S/C23H21F3N6O2/c24-18-5-2-1-4-16(18)17-6-8-27-20(31-10-7-23(25,26)14-31)19(17)30-21(33)15-12-28-22(29-13-15)32-9-3-11-34-32/h1-2,4-6,8,12-13H,3,7,9-11,14H2,(H,30,33). The Balaban J connectivity index is 1.49. The number of nitrogens with one attached hydrogen (secondary N) is 1. The van der Waals surface area contributed by atoms with E-state index < -0.39 is 24.2 Å². The lowest BCUT2D eigenvalue weighted by atomic mass is 10.0. The summed E-state index contributed by atoms with van der Waals surface area (Å²) in [5.41, 5.74) is 0.825. The van der Waals surface area contributed by atoms with Crippen LogP contribution in [0.3, 0.4) is 0 Å². The van der Waals surface area contributed by atoms with Crippen molar-refractivity contribution >= 4 is 23.4 Å². The van der Waals surface area contributed by atoms with Crippen molar-refractivity contribution in [1.29, 1.82) is 0 Å². The van der Waals surface area contributed by atoms with Crippen molar-refractivity contribution in [2.45, 2.75) is 18.8 Å². The summed E-state index contributed by atoms with van der Waals surface area (Å²) in [6.45, 7) is 0.731. The molecule has 1 N–H and O–H groups in total. The molecule has 1 amide bonds. The van der Waals surface area contributed by atoms with E-state index in [2.05, 4.69) is 20.3 Å². The summed E-state index contributed by atoms with van der Waals surface area (Å²) >= 11 is 0. The van der Waals surface area contributed by atoms with Crippen LogP contribution >= 0.6 is 0 Å². The second-order valence-corrected chi connectivity index (χ2v) is 8.08. The summed E-state index contributed by atoms with van der Waals surface area (Å²) < 4.78 is 42.5. The van der Waals surface area contributed by atoms with Crippen LogP contribution in [-0.4, -0.2) is 53.0 Å². The molecule has 0 bridgehead atoms. The zero-order valence-corrected chi connectivity index (χ0v) is 18.0. The summed E-state index contributed by atoms with van der Waals surface area (Å²) in [5.74, 6) is -3.48. The number of halogens is 3. The number of rotatable bonds is 5. The predicted octanol–water partition coefficient (Wildman–Crippen LogP) is 3.92. The number of anilines is 3. The van der Waals surface area contributed by atoms with Gasteiger partial charge in [0.05, 0.1) is 30.9 Å². The van der Waals surface area contributed by atoms with Crippen molar-refractivity contribution in [3.63, 3.8) is 0 Å². The van der Waals surface area contributed by atoms with Crippen molar-refractivity contribution in [2.24, 2.45) is 0 Å². The van der Waals surface area contributed by atoms with Gasteiger partial charge in [-0.25, -0.2) is 33.2 Å². The van der Waals surface area contributed by atoms with Crippen LogP contribution in [0.25, 0.3) is 11.1 Å². The Morgan fingerprint density at radius 2 is 1.85 bits per heavy atom. The molecule has 34 heavy (non-hydrogen) atoms. The number of benzene rings is 1. The van der Waals surface area contributed by atoms with Crippen LogP contribution in [0.1, 0.15) is 23.2 Å². The first-order valence-electron chi connectivity index (χ1n) is 10.8. The van der Waals surface area contributed by atoms with E-state index in [9.17, 15) is 18.0 Å². The lowest BCUT2D eigenvalue weighted by Gasteiger charge is -2.23. The Hall–Kier alpha value is -3.73. The summed E-state index contributed by atoms with van der Waals surface area (Å²) in [6.07, 6.45) is 4.63. The van der Waals surface area contributed by atoms with Crippen LogP contribution in [0.15, 0.2) is 48.9 Å². The van der Waals surface area contributed by atoms with Gasteiger partial charge in [-0.2, -0.15) is 0 Å². The number of carbonyl (C=O) groups is 1. The molecule has 0 radical (unpaired) electrons. The van der Waals surface area contributed by atoms with E-state index in [0.717, 1.165) is 6.42 Å². The molecular formula is C23H21F3N6O2. The van der Waals surface area contributed by atoms with E-state index in [1.165, 1.54) is 35.6 Å². The van der Waals surface area contributed by atoms with Gasteiger partial charge in [0, 0.05) is 42.7 Å². The largest absolute Gasteiger partial charge is 0.349 e. The van der Waals surface area contributed by atoms with Crippen molar-refractivity contribution in [3.8, 4) is 11.1 Å². The van der Waals surface area contributed by atoms with Gasteiger partial charge in [0.2, 0.25) is 5.95 Å². The van der Waals surface area contributed by atoms with Crippen molar-refractivity contribution in [3.05, 3.63) is 60.3 Å². The monoisotopic (exact) mass is 470 g/mol. The maximum atomic E-state index is 14.6. The van der Waals surface area contributed by atoms with Gasteiger partial charge in [-0.15, -0.1) is 0 Å². The second kappa shape index (κ2) is 8.90. The number of amides is 1. The van der Waals surface area contributed by atoms with Crippen LogP contribution in [0.4, 0.5) is 30.6 Å². The van der Waals surface area contributed by atoms with E-state index in [1.54, 1.807) is 23.3 Å². The second-order valence-electron chi connectivity index (χ2n) is 8.08. The maximum absolute atomic E-state index is 14.6. The maximum Gasteiger partial charge on any atom is 0.266 e. The molecule has 2 fully saturated rings. The molecule has 176 valence electrons.